The van der Waals surface area contributed by atoms with E-state index in [1.807, 2.05) is 40.1 Å². The highest BCUT2D eigenvalue weighted by Gasteiger charge is 2.44. The molecule has 0 amide bonds. The SMILES string of the molecule is CC1(C)CC(n2ncc(NCCN3CCOCC3)c(Br)c2=O)CC(C)(C)C1.CCCNc1cnn(C2CC(C)(C)CC(C)(C)C2)c(=O)c1Br.CN(C)CCN(C)c1cnn(C2CC(C)(C)CC(C)(C)C2)c(=O)c1Cl.CN(C)CCNc1cnn(C2CC(C)(C)CC(C)(C)C2)c(=O)c1Br. The molecule has 98 heavy (non-hydrogen) atoms. The van der Waals surface area contributed by atoms with Gasteiger partial charge in [-0.1, -0.05) is 129 Å². The van der Waals surface area contributed by atoms with Crippen molar-refractivity contribution >= 4 is 82.1 Å². The summed E-state index contributed by atoms with van der Waals surface area (Å²) >= 11 is 16.9. The first kappa shape index (κ1) is 83.2. The molecule has 0 radical (unpaired) electrons. The molecule has 5 fully saturated rings. The van der Waals surface area contributed by atoms with Crippen LogP contribution >= 0.6 is 59.4 Å². The van der Waals surface area contributed by atoms with Crippen molar-refractivity contribution in [2.75, 3.05) is 128 Å². The number of hydrogen-bond donors (Lipinski definition) is 3. The highest BCUT2D eigenvalue weighted by Crippen LogP contribution is 2.53. The van der Waals surface area contributed by atoms with Crippen molar-refractivity contribution in [3.63, 3.8) is 0 Å². The molecule has 3 N–H and O–H groups in total. The molecular formula is C74H125Br3ClN15O5. The lowest BCUT2D eigenvalue weighted by atomic mass is 9.63. The zero-order valence-corrected chi connectivity index (χ0v) is 69.5. The zero-order valence-electron chi connectivity index (χ0n) is 64.0. The fourth-order valence-corrected chi connectivity index (χ4v) is 19.2. The molecule has 4 aliphatic carbocycles. The van der Waals surface area contributed by atoms with Gasteiger partial charge in [-0.25, -0.2) is 18.7 Å². The average molecular weight is 1580 g/mol. The summed E-state index contributed by atoms with van der Waals surface area (Å²) in [6.07, 6.45) is 20.6. The predicted molar refractivity (Wildman–Crippen MR) is 417 cm³/mol. The monoisotopic (exact) mass is 1580 g/mol. The van der Waals surface area contributed by atoms with Crippen molar-refractivity contribution in [2.45, 2.75) is 225 Å². The standard InChI is InChI=1S/C20H33BrN4O2.C19H33ClN4O.C18H31BrN4O.C17H28BrN3O/c1-19(2)11-15(12-20(3,4)14-19)25-18(26)17(21)16(13-23-25)22-5-6-24-7-9-27-10-8-24;1-18(2)10-14(11-19(3,4)13-18)24-17(25)16(20)15(12-21-24)23(7)9-8-22(5)6;1-17(2)9-13(10-18(3,4)12-17)23-16(24)15(19)14(11-21-23)20-7-8-22(5)6;1-6-7-19-13-10-20-21(15(22)14(13)18)12-8-16(2,3)11-17(4,5)9-12/h13,15,22H,5-12,14H2,1-4H3;12,14H,8-11,13H2,1-7H3;11,13,20H,7-10,12H2,1-6H3;10,12,19H,6-9,11H2,1-5H3. The molecule has 5 aliphatic rings. The maximum absolute atomic E-state index is 13.0. The molecular weight excluding hydrogens is 1450 g/mol. The summed E-state index contributed by atoms with van der Waals surface area (Å²) < 4.78 is 13.8. The van der Waals surface area contributed by atoms with Crippen LogP contribution in [0.5, 0.6) is 0 Å². The van der Waals surface area contributed by atoms with E-state index in [0.29, 0.717) is 19.1 Å². The number of nitrogens with one attached hydrogen (secondary N) is 3. The predicted octanol–water partition coefficient (Wildman–Crippen LogP) is 15.6. The molecule has 0 unspecified atom stereocenters. The highest BCUT2D eigenvalue weighted by atomic mass is 79.9. The summed E-state index contributed by atoms with van der Waals surface area (Å²) in [6, 6.07) is 0.575. The molecule has 0 spiro atoms. The van der Waals surface area contributed by atoms with E-state index in [0.717, 1.165) is 153 Å². The van der Waals surface area contributed by atoms with Crippen LogP contribution in [0.2, 0.25) is 5.02 Å². The lowest BCUT2D eigenvalue weighted by molar-refractivity contribution is 0.0398. The van der Waals surface area contributed by atoms with Gasteiger partial charge in [0.05, 0.1) is 84.9 Å². The second-order valence-corrected chi connectivity index (χ2v) is 38.7. The van der Waals surface area contributed by atoms with E-state index in [1.165, 1.54) is 19.3 Å². The minimum Gasteiger partial charge on any atom is -0.383 e. The van der Waals surface area contributed by atoms with Crippen LogP contribution < -0.4 is 43.1 Å². The lowest BCUT2D eigenvalue weighted by Gasteiger charge is -2.45. The highest BCUT2D eigenvalue weighted by molar-refractivity contribution is 9.11. The van der Waals surface area contributed by atoms with Gasteiger partial charge in [0.15, 0.2) is 0 Å². The van der Waals surface area contributed by atoms with Gasteiger partial charge < -0.3 is 35.4 Å². The number of aromatic nitrogens is 8. The summed E-state index contributed by atoms with van der Waals surface area (Å²) in [5.74, 6) is 0. The minimum absolute atomic E-state index is 0.0281. The van der Waals surface area contributed by atoms with E-state index < -0.39 is 0 Å². The van der Waals surface area contributed by atoms with Crippen LogP contribution in [0.1, 0.15) is 225 Å². The second-order valence-electron chi connectivity index (χ2n) is 36.0. The summed E-state index contributed by atoms with van der Waals surface area (Å²) in [5.41, 5.74) is 4.51. The Morgan fingerprint density at radius 3 is 1.06 bits per heavy atom. The van der Waals surface area contributed by atoms with Crippen molar-refractivity contribution in [3.8, 4) is 0 Å². The number of morpholine rings is 1. The number of likely N-dealkylation sites (N-methyl/N-ethyl adjacent to an activating group) is 3. The van der Waals surface area contributed by atoms with Gasteiger partial charge in [0.25, 0.3) is 22.2 Å². The van der Waals surface area contributed by atoms with Crippen LogP contribution in [-0.2, 0) is 4.74 Å². The summed E-state index contributed by atoms with van der Waals surface area (Å²) in [5, 5.41) is 28.2. The van der Waals surface area contributed by atoms with E-state index >= 15 is 0 Å². The summed E-state index contributed by atoms with van der Waals surface area (Å²) in [7, 11) is 10.1. The van der Waals surface area contributed by atoms with Gasteiger partial charge in [-0.2, -0.15) is 20.4 Å². The zero-order chi connectivity index (χ0) is 73.3. The number of hydrogen-bond acceptors (Lipinski definition) is 16. The number of nitrogens with zero attached hydrogens (tertiary/aromatic N) is 12. The molecule has 554 valence electrons. The molecule has 4 aromatic heterocycles. The Hall–Kier alpha value is -3.71. The molecule has 0 aromatic carbocycles. The number of halogens is 4. The quantitative estimate of drug-likeness (QED) is 0.0800. The third-order valence-corrected chi connectivity index (χ3v) is 22.5. The van der Waals surface area contributed by atoms with Crippen LogP contribution in [0, 0.1) is 43.3 Å². The molecule has 24 heteroatoms. The first-order valence-electron chi connectivity index (χ1n) is 35.9. The maximum atomic E-state index is 13.0. The Balaban J connectivity index is 0.000000207. The molecule has 9 rings (SSSR count). The van der Waals surface area contributed by atoms with Crippen molar-refractivity contribution in [2.24, 2.45) is 43.3 Å². The lowest BCUT2D eigenvalue weighted by Crippen LogP contribution is -2.40. The summed E-state index contributed by atoms with van der Waals surface area (Å²) in [4.78, 5) is 59.9. The fourth-order valence-electron chi connectivity index (χ4n) is 17.6. The minimum atomic E-state index is -0.172. The fraction of sp³-hybridized carbons (Fsp3) is 0.784. The Labute approximate surface area is 618 Å². The molecule has 0 bridgehead atoms. The van der Waals surface area contributed by atoms with E-state index in [4.69, 9.17) is 16.3 Å². The Kier molecular flexibility index (Phi) is 29.1. The van der Waals surface area contributed by atoms with Gasteiger partial charge >= 0.3 is 0 Å². The molecule has 1 saturated heterocycles. The summed E-state index contributed by atoms with van der Waals surface area (Å²) in [6.45, 7) is 48.2. The largest absolute Gasteiger partial charge is 0.383 e. The molecule has 0 atom stereocenters. The molecule has 1 aliphatic heterocycles. The molecule has 4 saturated carbocycles. The molecule has 4 aromatic rings. The van der Waals surface area contributed by atoms with Gasteiger partial charge in [-0.3, -0.25) is 24.1 Å². The van der Waals surface area contributed by atoms with Crippen LogP contribution in [0.15, 0.2) is 57.4 Å². The van der Waals surface area contributed by atoms with E-state index in [2.05, 4.69) is 217 Å². The van der Waals surface area contributed by atoms with Gasteiger partial charge in [0.2, 0.25) is 0 Å². The number of rotatable bonds is 19. The van der Waals surface area contributed by atoms with Gasteiger partial charge in [0, 0.05) is 66.0 Å². The average Bonchev–Trinajstić information content (AvgIpc) is 0.797. The van der Waals surface area contributed by atoms with Crippen molar-refractivity contribution in [3.05, 3.63) is 84.6 Å². The van der Waals surface area contributed by atoms with Gasteiger partial charge in [0.1, 0.15) is 18.4 Å². The Bertz CT molecular complexity index is 3450. The van der Waals surface area contributed by atoms with Gasteiger partial charge in [-0.15, -0.1) is 0 Å². The van der Waals surface area contributed by atoms with Crippen molar-refractivity contribution in [1.82, 2.24) is 53.8 Å². The number of ether oxygens (including phenoxy) is 1. The molecule has 5 heterocycles. The second kappa shape index (κ2) is 34.3. The third-order valence-electron chi connectivity index (χ3n) is 19.9. The van der Waals surface area contributed by atoms with Crippen molar-refractivity contribution < 1.29 is 4.74 Å². The van der Waals surface area contributed by atoms with Crippen LogP contribution in [0.3, 0.4) is 0 Å². The van der Waals surface area contributed by atoms with Crippen LogP contribution in [-0.4, -0.2) is 161 Å². The van der Waals surface area contributed by atoms with Crippen LogP contribution in [0.4, 0.5) is 22.7 Å². The van der Waals surface area contributed by atoms with E-state index in [9.17, 15) is 19.2 Å². The Morgan fingerprint density at radius 2 is 0.745 bits per heavy atom. The van der Waals surface area contributed by atoms with Crippen molar-refractivity contribution in [1.29, 1.82) is 0 Å². The van der Waals surface area contributed by atoms with Gasteiger partial charge in [-0.05, 0) is 203 Å². The van der Waals surface area contributed by atoms with E-state index in [-0.39, 0.29) is 94.7 Å². The normalized spacial score (nSPS) is 21.2. The van der Waals surface area contributed by atoms with E-state index in [1.54, 1.807) is 43.5 Å². The third kappa shape index (κ3) is 24.5. The molecule has 20 nitrogen and oxygen atoms in total. The van der Waals surface area contributed by atoms with Crippen LogP contribution in [0.25, 0.3) is 0 Å². The smallest absolute Gasteiger partial charge is 0.287 e. The Morgan fingerprint density at radius 1 is 0.449 bits per heavy atom. The maximum Gasteiger partial charge on any atom is 0.287 e. The topological polar surface area (TPSA) is 198 Å². The first-order valence-corrected chi connectivity index (χ1v) is 38.6. The number of anilines is 4. The first-order chi connectivity index (χ1) is 45.2.